The van der Waals surface area contributed by atoms with E-state index < -0.39 is 0 Å². The van der Waals surface area contributed by atoms with E-state index in [1.54, 1.807) is 40.9 Å². The molecule has 50 heavy (non-hydrogen) atoms. The topological polar surface area (TPSA) is 93.2 Å². The average Bonchev–Trinajstić information content (AvgIpc) is 3.80. The van der Waals surface area contributed by atoms with Crippen LogP contribution in [0, 0.1) is 0 Å². The molecule has 250 valence electrons. The Kier molecular flexibility index (Phi) is 9.21. The summed E-state index contributed by atoms with van der Waals surface area (Å²) in [4.78, 5) is 16.4. The second-order valence-electron chi connectivity index (χ2n) is 11.3. The largest absolute Gasteiger partial charge is 0.496 e. The van der Waals surface area contributed by atoms with E-state index in [1.165, 1.54) is 0 Å². The summed E-state index contributed by atoms with van der Waals surface area (Å²) in [5, 5.41) is 3.20. The third-order valence-electron chi connectivity index (χ3n) is 8.57. The van der Waals surface area contributed by atoms with Crippen molar-refractivity contribution in [3.63, 3.8) is 0 Å². The molecule has 0 aliphatic heterocycles. The Labute approximate surface area is 298 Å². The van der Waals surface area contributed by atoms with Crippen molar-refractivity contribution in [2.24, 2.45) is 9.98 Å². The fourth-order valence-corrected chi connectivity index (χ4v) is 6.35. The average molecular weight is 704 g/mol. The zero-order valence-corrected chi connectivity index (χ0v) is 29.2. The summed E-state index contributed by atoms with van der Waals surface area (Å²) < 4.78 is 23.0. The molecule has 2 heterocycles. The Bertz CT molecular complexity index is 2210. The van der Waals surface area contributed by atoms with Gasteiger partial charge < -0.3 is 28.9 Å². The van der Waals surface area contributed by atoms with Crippen LogP contribution in [0.5, 0.6) is 23.0 Å². The summed E-state index contributed by atoms with van der Waals surface area (Å²) in [7, 11) is 6.56. The molecular weight excluding hydrogens is 671 g/mol. The normalized spacial score (nSPS) is 11.6. The van der Waals surface area contributed by atoms with Crippen LogP contribution in [0.15, 0.2) is 107 Å². The molecule has 0 radical (unpaired) electrons. The van der Waals surface area contributed by atoms with Gasteiger partial charge >= 0.3 is 0 Å². The number of nitrogens with zero attached hydrogens (tertiary/aromatic N) is 2. The lowest BCUT2D eigenvalue weighted by Gasteiger charge is -2.12. The molecule has 2 aromatic heterocycles. The van der Waals surface area contributed by atoms with Gasteiger partial charge in [-0.15, -0.1) is 0 Å². The van der Waals surface area contributed by atoms with Gasteiger partial charge in [0.05, 0.1) is 72.7 Å². The van der Waals surface area contributed by atoms with Crippen LogP contribution in [0.1, 0.15) is 11.1 Å². The molecule has 0 spiro atoms. The predicted molar refractivity (Wildman–Crippen MR) is 205 cm³/mol. The zero-order chi connectivity index (χ0) is 34.8. The summed E-state index contributed by atoms with van der Waals surface area (Å²) >= 11 is 12.3. The first-order chi connectivity index (χ1) is 24.4. The summed E-state index contributed by atoms with van der Waals surface area (Å²) in [5.74, 6) is 2.64. The molecule has 7 aromatic rings. The number of H-pyrrole nitrogens is 2. The van der Waals surface area contributed by atoms with Gasteiger partial charge in [0, 0.05) is 58.1 Å². The van der Waals surface area contributed by atoms with Gasteiger partial charge in [0.2, 0.25) is 0 Å². The first kappa shape index (κ1) is 32.8. The molecule has 0 atom stereocenters. The fraction of sp³-hybridized carbons (Fsp3) is 0.100. The molecule has 8 nitrogen and oxygen atoms in total. The van der Waals surface area contributed by atoms with Crippen molar-refractivity contribution in [1.29, 1.82) is 0 Å². The Morgan fingerprint density at radius 2 is 0.860 bits per heavy atom. The maximum atomic E-state index is 6.15. The van der Waals surface area contributed by atoms with Crippen molar-refractivity contribution in [2.45, 2.75) is 0 Å². The first-order valence-corrected chi connectivity index (χ1v) is 16.4. The van der Waals surface area contributed by atoms with Crippen molar-refractivity contribution in [1.82, 2.24) is 9.97 Å². The Balaban J connectivity index is 1.20. The second-order valence-corrected chi connectivity index (χ2v) is 12.2. The summed E-state index contributed by atoms with van der Waals surface area (Å²) in [6, 6.07) is 26.8. The van der Waals surface area contributed by atoms with Gasteiger partial charge in [-0.05, 0) is 59.7 Å². The molecular formula is C40H32Cl2N4O4. The number of nitrogens with one attached hydrogen (secondary N) is 2. The Hall–Kier alpha value is -5.70. The van der Waals surface area contributed by atoms with E-state index in [-0.39, 0.29) is 0 Å². The lowest BCUT2D eigenvalue weighted by molar-refractivity contribution is 0.397. The van der Waals surface area contributed by atoms with Crippen LogP contribution < -0.4 is 18.9 Å². The van der Waals surface area contributed by atoms with Crippen LogP contribution in [-0.2, 0) is 0 Å². The van der Waals surface area contributed by atoms with Gasteiger partial charge in [-0.25, -0.2) is 0 Å². The lowest BCUT2D eigenvalue weighted by atomic mass is 10.0. The first-order valence-electron chi connectivity index (χ1n) is 15.6. The number of methoxy groups -OCH3 is 4. The predicted octanol–water partition coefficient (Wildman–Crippen LogP) is 10.8. The van der Waals surface area contributed by atoms with Gasteiger partial charge in [-0.1, -0.05) is 47.5 Å². The molecule has 0 fully saturated rings. The molecule has 0 unspecified atom stereocenters. The fourth-order valence-electron chi connectivity index (χ4n) is 6.10. The van der Waals surface area contributed by atoms with Crippen molar-refractivity contribution in [3.8, 4) is 45.3 Å². The number of aliphatic imine (C=N–C) groups is 2. The summed E-state index contributed by atoms with van der Waals surface area (Å²) in [5.41, 5.74) is 8.78. The maximum absolute atomic E-state index is 6.15. The number of rotatable bonds is 10. The van der Waals surface area contributed by atoms with Crippen LogP contribution in [-0.4, -0.2) is 50.8 Å². The number of hydrogen-bond donors (Lipinski definition) is 2. The van der Waals surface area contributed by atoms with Crippen LogP contribution >= 0.6 is 23.2 Å². The minimum Gasteiger partial charge on any atom is -0.496 e. The van der Waals surface area contributed by atoms with E-state index in [0.717, 1.165) is 66.6 Å². The molecule has 2 N–H and O–H groups in total. The van der Waals surface area contributed by atoms with Crippen LogP contribution in [0.3, 0.4) is 0 Å². The number of fused-ring (bicyclic) bond motifs is 2. The molecule has 0 aliphatic carbocycles. The van der Waals surface area contributed by atoms with Crippen molar-refractivity contribution in [2.75, 3.05) is 28.4 Å². The van der Waals surface area contributed by atoms with E-state index in [1.807, 2.05) is 97.3 Å². The smallest absolute Gasteiger partial charge is 0.133 e. The number of hydrogen-bond acceptors (Lipinski definition) is 6. The number of aromatic nitrogens is 2. The number of aromatic amines is 2. The SMILES string of the molecule is COc1cc(OC)c2c(-c3ccc(Cl)cc3)c[nH]c2c1C=Nc1ccc(N=Cc2c(OC)cc(OC)c3c(-c4ccc(Cl)cc4)c[nH]c23)cc1. The van der Waals surface area contributed by atoms with Crippen molar-refractivity contribution >= 4 is 68.8 Å². The van der Waals surface area contributed by atoms with Gasteiger partial charge in [-0.2, -0.15) is 0 Å². The molecule has 5 aromatic carbocycles. The van der Waals surface area contributed by atoms with E-state index >= 15 is 0 Å². The maximum Gasteiger partial charge on any atom is 0.133 e. The molecule has 0 bridgehead atoms. The highest BCUT2D eigenvalue weighted by Gasteiger charge is 2.20. The Morgan fingerprint density at radius 1 is 0.500 bits per heavy atom. The van der Waals surface area contributed by atoms with Crippen LogP contribution in [0.4, 0.5) is 11.4 Å². The van der Waals surface area contributed by atoms with Gasteiger partial charge in [0.1, 0.15) is 23.0 Å². The quantitative estimate of drug-likeness (QED) is 0.139. The minimum atomic E-state index is 0.632. The standard InChI is InChI=1S/C40H32Cl2N4O4/c1-47-33-17-35(49-3)37-29(23-5-9-25(41)10-6-23)19-45-39(37)31(33)21-43-27-13-15-28(16-14-27)44-22-32-34(48-2)18-36(50-4)38-30(20-46-40(32)38)24-7-11-26(42)12-8-24/h5-22,45-46H,1-4H3. The number of ether oxygens (including phenoxy) is 4. The Morgan fingerprint density at radius 3 is 1.20 bits per heavy atom. The third-order valence-corrected chi connectivity index (χ3v) is 9.08. The molecule has 7 rings (SSSR count). The van der Waals surface area contributed by atoms with Gasteiger partial charge in [0.15, 0.2) is 0 Å². The van der Waals surface area contributed by atoms with E-state index in [2.05, 4.69) is 9.97 Å². The lowest BCUT2D eigenvalue weighted by Crippen LogP contribution is -1.95. The van der Waals surface area contributed by atoms with Crippen LogP contribution in [0.2, 0.25) is 10.0 Å². The van der Waals surface area contributed by atoms with Gasteiger partial charge in [-0.3, -0.25) is 9.98 Å². The second kappa shape index (κ2) is 14.0. The van der Waals surface area contributed by atoms with Crippen LogP contribution in [0.25, 0.3) is 44.1 Å². The highest BCUT2D eigenvalue weighted by Crippen LogP contribution is 2.42. The van der Waals surface area contributed by atoms with Crippen molar-refractivity contribution < 1.29 is 18.9 Å². The zero-order valence-electron chi connectivity index (χ0n) is 27.7. The number of halogens is 2. The minimum absolute atomic E-state index is 0.632. The number of benzene rings is 5. The van der Waals surface area contributed by atoms with E-state index in [4.69, 9.17) is 52.1 Å². The summed E-state index contributed by atoms with van der Waals surface area (Å²) in [6.45, 7) is 0. The summed E-state index contributed by atoms with van der Waals surface area (Å²) in [6.07, 6.45) is 7.50. The van der Waals surface area contributed by atoms with E-state index in [0.29, 0.717) is 33.0 Å². The molecule has 0 aliphatic rings. The molecule has 0 amide bonds. The van der Waals surface area contributed by atoms with E-state index in [9.17, 15) is 0 Å². The van der Waals surface area contributed by atoms with Gasteiger partial charge in [0.25, 0.3) is 0 Å². The molecule has 0 saturated carbocycles. The highest BCUT2D eigenvalue weighted by atomic mass is 35.5. The monoisotopic (exact) mass is 702 g/mol. The molecule has 0 saturated heterocycles. The third kappa shape index (κ3) is 6.15. The van der Waals surface area contributed by atoms with Crippen molar-refractivity contribution in [3.05, 3.63) is 118 Å². The highest BCUT2D eigenvalue weighted by molar-refractivity contribution is 6.31. The molecule has 10 heteroatoms.